The van der Waals surface area contributed by atoms with Crippen LogP contribution < -0.4 is 4.90 Å². The van der Waals surface area contributed by atoms with Crippen molar-refractivity contribution in [2.24, 2.45) is 0 Å². The molecule has 0 amide bonds. The third kappa shape index (κ3) is 3.32. The Morgan fingerprint density at radius 1 is 1.00 bits per heavy atom. The van der Waals surface area contributed by atoms with Gasteiger partial charge in [-0.3, -0.25) is 4.98 Å². The quantitative estimate of drug-likeness (QED) is 0.707. The highest BCUT2D eigenvalue weighted by atomic mass is 16.5. The van der Waals surface area contributed by atoms with Crippen molar-refractivity contribution in [1.29, 1.82) is 0 Å². The number of rotatable bonds is 4. The van der Waals surface area contributed by atoms with Crippen molar-refractivity contribution in [1.82, 2.24) is 25.2 Å². The monoisotopic (exact) mass is 354 g/mol. The van der Waals surface area contributed by atoms with Gasteiger partial charge in [0.25, 0.3) is 5.89 Å². The van der Waals surface area contributed by atoms with Gasteiger partial charge < -0.3 is 18.8 Å². The minimum absolute atomic E-state index is 0.252. The summed E-state index contributed by atoms with van der Waals surface area (Å²) in [7, 11) is 2.14. The largest absolute Gasteiger partial charge is 0.368 e. The minimum atomic E-state index is 0.252. The number of hydrogen-bond acceptors (Lipinski definition) is 8. The molecular weight excluding hydrogens is 332 g/mol. The Bertz CT molecular complexity index is 862. The summed E-state index contributed by atoms with van der Waals surface area (Å²) in [5.74, 6) is 1.82. The van der Waals surface area contributed by atoms with Crippen molar-refractivity contribution in [3.63, 3.8) is 0 Å². The van der Waals surface area contributed by atoms with Gasteiger partial charge in [0.05, 0.1) is 11.9 Å². The van der Waals surface area contributed by atoms with E-state index in [1.54, 1.807) is 0 Å². The average Bonchev–Trinajstić information content (AvgIpc) is 3.32. The third-order valence-corrected chi connectivity index (χ3v) is 4.59. The zero-order valence-corrected chi connectivity index (χ0v) is 15.2. The smallest absolute Gasteiger partial charge is 0.280 e. The van der Waals surface area contributed by atoms with E-state index in [1.165, 1.54) is 0 Å². The lowest BCUT2D eigenvalue weighted by Gasteiger charge is -2.33. The Morgan fingerprint density at radius 2 is 1.81 bits per heavy atom. The van der Waals surface area contributed by atoms with Gasteiger partial charge >= 0.3 is 0 Å². The van der Waals surface area contributed by atoms with Crippen LogP contribution in [0.5, 0.6) is 0 Å². The molecule has 8 nitrogen and oxygen atoms in total. The molecule has 0 spiro atoms. The predicted molar refractivity (Wildman–Crippen MR) is 96.8 cm³/mol. The summed E-state index contributed by atoms with van der Waals surface area (Å²) in [5, 5.41) is 8.01. The molecule has 1 saturated heterocycles. The summed E-state index contributed by atoms with van der Waals surface area (Å²) in [5.41, 5.74) is 2.33. The number of nitrogens with zero attached hydrogens (tertiary/aromatic N) is 6. The Kier molecular flexibility index (Phi) is 4.42. The van der Waals surface area contributed by atoms with E-state index in [-0.39, 0.29) is 5.92 Å². The normalized spacial score (nSPS) is 15.8. The van der Waals surface area contributed by atoms with Crippen LogP contribution in [0.2, 0.25) is 0 Å². The van der Waals surface area contributed by atoms with Crippen molar-refractivity contribution in [2.45, 2.75) is 19.8 Å². The Morgan fingerprint density at radius 3 is 2.46 bits per heavy atom. The summed E-state index contributed by atoms with van der Waals surface area (Å²) in [4.78, 5) is 13.6. The Hall–Kier alpha value is -2.74. The van der Waals surface area contributed by atoms with E-state index in [9.17, 15) is 0 Å². The fourth-order valence-corrected chi connectivity index (χ4v) is 2.86. The van der Waals surface area contributed by atoms with Crippen LogP contribution in [0.3, 0.4) is 0 Å². The second-order valence-electron chi connectivity index (χ2n) is 6.88. The van der Waals surface area contributed by atoms with Crippen LogP contribution in [0.25, 0.3) is 23.1 Å². The van der Waals surface area contributed by atoms with E-state index in [1.807, 2.05) is 32.2 Å². The van der Waals surface area contributed by atoms with Crippen LogP contribution in [0.15, 0.2) is 33.4 Å². The summed E-state index contributed by atoms with van der Waals surface area (Å²) in [6, 6.07) is 5.80. The second kappa shape index (κ2) is 6.87. The molecule has 0 aliphatic carbocycles. The number of pyridine rings is 1. The number of piperazine rings is 1. The van der Waals surface area contributed by atoms with Gasteiger partial charge in [-0.25, -0.2) is 0 Å². The molecular formula is C18H22N6O2. The number of aromatic nitrogens is 4. The molecule has 26 heavy (non-hydrogen) atoms. The summed E-state index contributed by atoms with van der Waals surface area (Å²) < 4.78 is 10.6. The second-order valence-corrected chi connectivity index (χ2v) is 6.88. The number of likely N-dealkylation sites (N-methyl/N-ethyl adjacent to an activating group) is 1. The van der Waals surface area contributed by atoms with E-state index in [0.717, 1.165) is 37.6 Å². The molecule has 3 aromatic heterocycles. The molecule has 1 aliphatic heterocycles. The maximum Gasteiger partial charge on any atom is 0.280 e. The first kappa shape index (κ1) is 16.7. The van der Waals surface area contributed by atoms with Crippen LogP contribution >= 0.6 is 0 Å². The van der Waals surface area contributed by atoms with Gasteiger partial charge in [0.2, 0.25) is 5.82 Å². The van der Waals surface area contributed by atoms with Crippen LogP contribution in [0.1, 0.15) is 25.5 Å². The molecule has 0 saturated carbocycles. The van der Waals surface area contributed by atoms with Crippen LogP contribution in [0.4, 0.5) is 5.69 Å². The zero-order valence-electron chi connectivity index (χ0n) is 15.2. The van der Waals surface area contributed by atoms with Crippen molar-refractivity contribution >= 4 is 5.69 Å². The summed E-state index contributed by atoms with van der Waals surface area (Å²) in [6.07, 6.45) is 1.86. The zero-order chi connectivity index (χ0) is 18.1. The third-order valence-electron chi connectivity index (χ3n) is 4.59. The highest BCUT2D eigenvalue weighted by molar-refractivity contribution is 5.57. The number of anilines is 1. The first-order chi connectivity index (χ1) is 12.6. The molecule has 4 heterocycles. The molecule has 8 heteroatoms. The van der Waals surface area contributed by atoms with E-state index in [2.05, 4.69) is 43.2 Å². The predicted octanol–water partition coefficient (Wildman–Crippen LogP) is 2.66. The number of hydrogen-bond donors (Lipinski definition) is 0. The van der Waals surface area contributed by atoms with Crippen LogP contribution in [-0.4, -0.2) is 58.4 Å². The summed E-state index contributed by atoms with van der Waals surface area (Å²) >= 11 is 0. The Labute approximate surface area is 151 Å². The molecule has 1 aliphatic rings. The molecule has 0 bridgehead atoms. The molecule has 0 N–H and O–H groups in total. The minimum Gasteiger partial charge on any atom is -0.368 e. The highest BCUT2D eigenvalue weighted by Crippen LogP contribution is 2.25. The van der Waals surface area contributed by atoms with E-state index >= 15 is 0 Å². The van der Waals surface area contributed by atoms with E-state index in [4.69, 9.17) is 9.05 Å². The summed E-state index contributed by atoms with van der Waals surface area (Å²) in [6.45, 7) is 8.21. The molecule has 3 aromatic rings. The lowest BCUT2D eigenvalue weighted by molar-refractivity contribution is 0.313. The van der Waals surface area contributed by atoms with Crippen molar-refractivity contribution < 1.29 is 9.05 Å². The molecule has 136 valence electrons. The molecule has 0 radical (unpaired) electrons. The highest BCUT2D eigenvalue weighted by Gasteiger charge is 2.18. The van der Waals surface area contributed by atoms with Gasteiger partial charge in [-0.1, -0.05) is 24.2 Å². The first-order valence-corrected chi connectivity index (χ1v) is 8.81. The average molecular weight is 354 g/mol. The lowest BCUT2D eigenvalue weighted by Crippen LogP contribution is -2.44. The fraction of sp³-hybridized carbons (Fsp3) is 0.444. The van der Waals surface area contributed by atoms with Crippen molar-refractivity contribution in [3.05, 3.63) is 30.2 Å². The van der Waals surface area contributed by atoms with Gasteiger partial charge in [0, 0.05) is 38.2 Å². The topological polar surface area (TPSA) is 84.3 Å². The molecule has 1 fully saturated rings. The van der Waals surface area contributed by atoms with Gasteiger partial charge in [-0.15, -0.1) is 0 Å². The molecule has 0 atom stereocenters. The van der Waals surface area contributed by atoms with Gasteiger partial charge in [0.1, 0.15) is 11.5 Å². The molecule has 0 unspecified atom stereocenters. The maximum absolute atomic E-state index is 5.32. The van der Waals surface area contributed by atoms with Gasteiger partial charge in [-0.2, -0.15) is 4.98 Å². The van der Waals surface area contributed by atoms with E-state index < -0.39 is 0 Å². The van der Waals surface area contributed by atoms with Crippen LogP contribution in [0, 0.1) is 0 Å². The van der Waals surface area contributed by atoms with Gasteiger partial charge in [-0.05, 0) is 19.2 Å². The van der Waals surface area contributed by atoms with Crippen LogP contribution in [-0.2, 0) is 0 Å². The first-order valence-electron chi connectivity index (χ1n) is 8.81. The maximum atomic E-state index is 5.32. The van der Waals surface area contributed by atoms with Crippen molar-refractivity contribution in [2.75, 3.05) is 38.1 Å². The van der Waals surface area contributed by atoms with E-state index in [0.29, 0.717) is 23.1 Å². The fourth-order valence-electron chi connectivity index (χ4n) is 2.86. The lowest BCUT2D eigenvalue weighted by atomic mass is 10.1. The standard InChI is InChI=1S/C18H22N6O2/c1-12(2)16-10-15(21-25-16)18-20-17(22-26-18)14-5-4-13(11-19-14)24-8-6-23(3)7-9-24/h4-5,10-12H,6-9H2,1-3H3. The van der Waals surface area contributed by atoms with Crippen molar-refractivity contribution in [3.8, 4) is 23.1 Å². The Balaban J connectivity index is 1.50. The van der Waals surface area contributed by atoms with Gasteiger partial charge in [0.15, 0.2) is 5.69 Å². The molecule has 0 aromatic carbocycles. The molecule has 4 rings (SSSR count). The SMILES string of the molecule is CC(C)c1cc(-c2nc(-c3ccc(N4CCN(C)CC4)cn3)no2)no1.